The molecule has 0 aliphatic rings. The fourth-order valence-electron chi connectivity index (χ4n) is 4.20. The standard InChI is InChI=1S/C30H36N6S/c1-3-5-7-9-11-23-13-17-25(18-14-23)31-33-27-21-22-28(30-29(27)35-37-36-30)34-32-26-19-15-24(16-20-26)12-10-8-6-4-2/h13-22H,3-12H2,1-2H3/b33-31+,34-32+. The smallest absolute Gasteiger partial charge is 0.134 e. The maximum Gasteiger partial charge on any atom is 0.134 e. The van der Waals surface area contributed by atoms with Crippen molar-refractivity contribution in [3.8, 4) is 0 Å². The van der Waals surface area contributed by atoms with Gasteiger partial charge in [-0.05, 0) is 73.2 Å². The molecule has 0 unspecified atom stereocenters. The second-order valence-corrected chi connectivity index (χ2v) is 9.95. The first-order valence-corrected chi connectivity index (χ1v) is 14.3. The highest BCUT2D eigenvalue weighted by atomic mass is 32.1. The first kappa shape index (κ1) is 26.7. The van der Waals surface area contributed by atoms with Gasteiger partial charge >= 0.3 is 0 Å². The second-order valence-electron chi connectivity index (χ2n) is 9.42. The van der Waals surface area contributed by atoms with Crippen LogP contribution in [0.3, 0.4) is 0 Å². The minimum atomic E-state index is 0.679. The lowest BCUT2D eigenvalue weighted by molar-refractivity contribution is 0.667. The Bertz CT molecular complexity index is 1190. The summed E-state index contributed by atoms with van der Waals surface area (Å²) in [6.45, 7) is 4.48. The topological polar surface area (TPSA) is 75.2 Å². The molecule has 1 aromatic heterocycles. The molecule has 37 heavy (non-hydrogen) atoms. The zero-order valence-electron chi connectivity index (χ0n) is 21.9. The van der Waals surface area contributed by atoms with Crippen LogP contribution < -0.4 is 0 Å². The summed E-state index contributed by atoms with van der Waals surface area (Å²) in [6, 6.07) is 20.4. The molecular formula is C30H36N6S. The molecule has 0 N–H and O–H groups in total. The molecule has 192 valence electrons. The Hall–Kier alpha value is -3.32. The molecule has 0 saturated carbocycles. The second kappa shape index (κ2) is 14.4. The maximum atomic E-state index is 4.45. The lowest BCUT2D eigenvalue weighted by atomic mass is 10.1. The van der Waals surface area contributed by atoms with E-state index in [4.69, 9.17) is 0 Å². The number of aryl methyl sites for hydroxylation is 2. The molecule has 0 spiro atoms. The van der Waals surface area contributed by atoms with Gasteiger partial charge in [0.25, 0.3) is 0 Å². The van der Waals surface area contributed by atoms with Crippen LogP contribution >= 0.6 is 11.7 Å². The first-order valence-electron chi connectivity index (χ1n) is 13.5. The van der Waals surface area contributed by atoms with Gasteiger partial charge in [0.1, 0.15) is 22.4 Å². The zero-order chi connectivity index (χ0) is 25.7. The summed E-state index contributed by atoms with van der Waals surface area (Å²) >= 11 is 1.15. The van der Waals surface area contributed by atoms with Crippen molar-refractivity contribution < 1.29 is 0 Å². The summed E-state index contributed by atoms with van der Waals surface area (Å²) in [5.41, 5.74) is 7.09. The third-order valence-electron chi connectivity index (χ3n) is 6.43. The van der Waals surface area contributed by atoms with Gasteiger partial charge in [0.15, 0.2) is 0 Å². The van der Waals surface area contributed by atoms with Crippen LogP contribution in [0.5, 0.6) is 0 Å². The molecule has 0 amide bonds. The van der Waals surface area contributed by atoms with E-state index >= 15 is 0 Å². The Morgan fingerprint density at radius 2 is 0.946 bits per heavy atom. The SMILES string of the molecule is CCCCCCc1ccc(/N=N/c2ccc(/N=N/c3ccc(CCCCCC)cc3)c3nsnc23)cc1. The Morgan fingerprint density at radius 3 is 1.35 bits per heavy atom. The summed E-state index contributed by atoms with van der Waals surface area (Å²) in [5, 5.41) is 17.8. The highest BCUT2D eigenvalue weighted by Crippen LogP contribution is 2.34. The van der Waals surface area contributed by atoms with E-state index in [1.807, 2.05) is 36.4 Å². The Kier molecular flexibility index (Phi) is 10.4. The molecule has 0 radical (unpaired) electrons. The molecule has 4 rings (SSSR count). The number of rotatable bonds is 14. The van der Waals surface area contributed by atoms with Crippen molar-refractivity contribution in [2.45, 2.75) is 78.1 Å². The molecule has 6 nitrogen and oxygen atoms in total. The molecule has 7 heteroatoms. The van der Waals surface area contributed by atoms with Crippen LogP contribution in [-0.4, -0.2) is 8.75 Å². The molecule has 0 aliphatic carbocycles. The summed E-state index contributed by atoms with van der Waals surface area (Å²) in [4.78, 5) is 0. The molecule has 0 aliphatic heterocycles. The van der Waals surface area contributed by atoms with Gasteiger partial charge < -0.3 is 0 Å². The van der Waals surface area contributed by atoms with E-state index in [-0.39, 0.29) is 0 Å². The lowest BCUT2D eigenvalue weighted by Crippen LogP contribution is -1.84. The predicted molar refractivity (Wildman–Crippen MR) is 154 cm³/mol. The van der Waals surface area contributed by atoms with Crippen LogP contribution in [0.15, 0.2) is 81.1 Å². The van der Waals surface area contributed by atoms with Gasteiger partial charge in [0.2, 0.25) is 0 Å². The number of nitrogens with zero attached hydrogens (tertiary/aromatic N) is 6. The van der Waals surface area contributed by atoms with Gasteiger partial charge in [-0.25, -0.2) is 0 Å². The van der Waals surface area contributed by atoms with E-state index in [2.05, 4.69) is 67.3 Å². The molecule has 0 bridgehead atoms. The number of fused-ring (bicyclic) bond motifs is 1. The van der Waals surface area contributed by atoms with Gasteiger partial charge in [0, 0.05) is 0 Å². The lowest BCUT2D eigenvalue weighted by Gasteiger charge is -2.02. The van der Waals surface area contributed by atoms with E-state index in [1.54, 1.807) is 0 Å². The average molecular weight is 513 g/mol. The Labute approximate surface area is 224 Å². The van der Waals surface area contributed by atoms with E-state index in [9.17, 15) is 0 Å². The molecular weight excluding hydrogens is 476 g/mol. The molecule has 0 fully saturated rings. The maximum absolute atomic E-state index is 4.45. The van der Waals surface area contributed by atoms with Crippen molar-refractivity contribution in [2.75, 3.05) is 0 Å². The highest BCUT2D eigenvalue weighted by molar-refractivity contribution is 7.00. The number of hydrogen-bond donors (Lipinski definition) is 0. The van der Waals surface area contributed by atoms with Crippen molar-refractivity contribution in [2.24, 2.45) is 20.5 Å². The number of hydrogen-bond acceptors (Lipinski definition) is 7. The minimum absolute atomic E-state index is 0.679. The number of azo groups is 2. The highest BCUT2D eigenvalue weighted by Gasteiger charge is 2.10. The van der Waals surface area contributed by atoms with Crippen LogP contribution in [0.1, 0.15) is 76.3 Å². The van der Waals surface area contributed by atoms with Crippen molar-refractivity contribution >= 4 is 45.5 Å². The van der Waals surface area contributed by atoms with Crippen LogP contribution in [0.4, 0.5) is 22.7 Å². The summed E-state index contributed by atoms with van der Waals surface area (Å²) in [5.74, 6) is 0. The van der Waals surface area contributed by atoms with Crippen LogP contribution in [0.25, 0.3) is 11.0 Å². The van der Waals surface area contributed by atoms with Gasteiger partial charge in [-0.1, -0.05) is 76.6 Å². The summed E-state index contributed by atoms with van der Waals surface area (Å²) < 4.78 is 8.88. The van der Waals surface area contributed by atoms with E-state index in [1.165, 1.54) is 62.5 Å². The fourth-order valence-corrected chi connectivity index (χ4v) is 4.76. The van der Waals surface area contributed by atoms with Gasteiger partial charge in [-0.2, -0.15) is 19.0 Å². The predicted octanol–water partition coefficient (Wildman–Crippen LogP) is 10.8. The largest absolute Gasteiger partial charge is 0.170 e. The normalized spacial score (nSPS) is 11.8. The third kappa shape index (κ3) is 8.09. The van der Waals surface area contributed by atoms with E-state index in [0.717, 1.165) is 35.9 Å². The molecule has 1 heterocycles. The van der Waals surface area contributed by atoms with Crippen molar-refractivity contribution in [1.29, 1.82) is 0 Å². The van der Waals surface area contributed by atoms with Crippen LogP contribution in [-0.2, 0) is 12.8 Å². The average Bonchev–Trinajstić information content (AvgIpc) is 3.43. The quantitative estimate of drug-likeness (QED) is 0.124. The van der Waals surface area contributed by atoms with Crippen LogP contribution in [0.2, 0.25) is 0 Å². The van der Waals surface area contributed by atoms with Gasteiger partial charge in [0.05, 0.1) is 23.1 Å². The van der Waals surface area contributed by atoms with Gasteiger partial charge in [-0.3, -0.25) is 0 Å². The molecule has 0 atom stereocenters. The van der Waals surface area contributed by atoms with Crippen LogP contribution in [0, 0.1) is 0 Å². The van der Waals surface area contributed by atoms with Crippen molar-refractivity contribution in [3.63, 3.8) is 0 Å². The van der Waals surface area contributed by atoms with E-state index < -0.39 is 0 Å². The number of unbranched alkanes of at least 4 members (excludes halogenated alkanes) is 6. The zero-order valence-corrected chi connectivity index (χ0v) is 22.8. The third-order valence-corrected chi connectivity index (χ3v) is 6.96. The fraction of sp³-hybridized carbons (Fsp3) is 0.400. The van der Waals surface area contributed by atoms with Crippen molar-refractivity contribution in [3.05, 3.63) is 71.8 Å². The Balaban J connectivity index is 1.39. The minimum Gasteiger partial charge on any atom is -0.170 e. The molecule has 3 aromatic carbocycles. The number of aromatic nitrogens is 2. The number of benzene rings is 3. The van der Waals surface area contributed by atoms with Gasteiger partial charge in [-0.15, -0.1) is 10.2 Å². The molecule has 4 aromatic rings. The monoisotopic (exact) mass is 512 g/mol. The summed E-state index contributed by atoms with van der Waals surface area (Å²) in [6.07, 6.45) is 12.4. The molecule has 0 saturated heterocycles. The summed E-state index contributed by atoms with van der Waals surface area (Å²) in [7, 11) is 0. The van der Waals surface area contributed by atoms with Crippen molar-refractivity contribution in [1.82, 2.24) is 8.75 Å². The first-order chi connectivity index (χ1) is 18.3. The van der Waals surface area contributed by atoms with E-state index in [0.29, 0.717) is 22.4 Å². The Morgan fingerprint density at radius 1 is 0.514 bits per heavy atom.